The van der Waals surface area contributed by atoms with E-state index in [0.717, 1.165) is 25.5 Å². The summed E-state index contributed by atoms with van der Waals surface area (Å²) in [5.41, 5.74) is 2.98. The lowest BCUT2D eigenvalue weighted by molar-refractivity contribution is 0.208. The number of hydrogen-bond donors (Lipinski definition) is 0. The van der Waals surface area contributed by atoms with Crippen LogP contribution in [0, 0.1) is 16.7 Å². The molecule has 2 bridgehead atoms. The second kappa shape index (κ2) is 3.03. The first-order chi connectivity index (χ1) is 8.54. The molecule has 0 aromatic rings. The van der Waals surface area contributed by atoms with Gasteiger partial charge in [-0.05, 0) is 24.7 Å². The Balaban J connectivity index is 1.89. The highest BCUT2D eigenvalue weighted by atomic mass is 15.5. The summed E-state index contributed by atoms with van der Waals surface area (Å²) in [6.45, 7) is 9.01. The van der Waals surface area contributed by atoms with Crippen molar-refractivity contribution in [2.45, 2.75) is 40.0 Å². The third-order valence-electron chi connectivity index (χ3n) is 5.77. The molecule has 4 heteroatoms. The van der Waals surface area contributed by atoms with Gasteiger partial charge in [0.25, 0.3) is 0 Å². The average Bonchev–Trinajstić information content (AvgIpc) is 2.68. The van der Waals surface area contributed by atoms with Gasteiger partial charge in [-0.1, -0.05) is 20.8 Å². The monoisotopic (exact) mass is 244 g/mol. The second-order valence-electron chi connectivity index (χ2n) is 6.75. The summed E-state index contributed by atoms with van der Waals surface area (Å²) in [5, 5.41) is 6.89. The standard InChI is InChI=1S/C14H20N4/c1-13(2)9-5-6-14(13,3)11-10(9)17-18-8-4-7-15-12(18)16-11/h9H,4-8H2,1-3H3/t9-,14+/m1/s1. The molecule has 2 heterocycles. The Kier molecular flexibility index (Phi) is 1.80. The summed E-state index contributed by atoms with van der Waals surface area (Å²) < 4.78 is 0. The van der Waals surface area contributed by atoms with Crippen LogP contribution in [-0.2, 0) is 0 Å². The Morgan fingerprint density at radius 1 is 1.28 bits per heavy atom. The third-order valence-corrected chi connectivity index (χ3v) is 5.77. The number of aliphatic imine (C=N–C) groups is 2. The molecule has 2 aliphatic carbocycles. The van der Waals surface area contributed by atoms with Crippen LogP contribution < -0.4 is 0 Å². The summed E-state index contributed by atoms with van der Waals surface area (Å²) in [7, 11) is 0. The van der Waals surface area contributed by atoms with Crippen LogP contribution in [-0.4, -0.2) is 35.5 Å². The summed E-state index contributed by atoms with van der Waals surface area (Å²) >= 11 is 0. The smallest absolute Gasteiger partial charge is 0.241 e. The van der Waals surface area contributed by atoms with Crippen LogP contribution in [0.4, 0.5) is 0 Å². The minimum atomic E-state index is 0.197. The fraction of sp³-hybridized carbons (Fsp3) is 0.786. The molecule has 0 spiro atoms. The molecule has 96 valence electrons. The van der Waals surface area contributed by atoms with Gasteiger partial charge in [-0.15, -0.1) is 0 Å². The summed E-state index contributed by atoms with van der Waals surface area (Å²) in [4.78, 5) is 9.40. The highest BCUT2D eigenvalue weighted by Gasteiger charge is 2.64. The molecule has 0 aromatic carbocycles. The van der Waals surface area contributed by atoms with E-state index < -0.39 is 0 Å². The van der Waals surface area contributed by atoms with E-state index in [9.17, 15) is 0 Å². The molecule has 2 fully saturated rings. The van der Waals surface area contributed by atoms with Crippen LogP contribution in [0.1, 0.15) is 40.0 Å². The largest absolute Gasteiger partial charge is 0.250 e. The van der Waals surface area contributed by atoms with Crippen LogP contribution in [0.25, 0.3) is 0 Å². The summed E-state index contributed by atoms with van der Waals surface area (Å²) in [6.07, 6.45) is 3.61. The van der Waals surface area contributed by atoms with Gasteiger partial charge < -0.3 is 0 Å². The molecule has 4 rings (SSSR count). The zero-order chi connectivity index (χ0) is 12.5. The number of fused-ring (bicyclic) bond motifs is 6. The molecule has 0 radical (unpaired) electrons. The lowest BCUT2D eigenvalue weighted by Gasteiger charge is -2.35. The maximum Gasteiger partial charge on any atom is 0.241 e. The molecule has 0 N–H and O–H groups in total. The van der Waals surface area contributed by atoms with E-state index in [2.05, 4.69) is 25.8 Å². The number of hydrogen-bond acceptors (Lipinski definition) is 4. The van der Waals surface area contributed by atoms with Crippen molar-refractivity contribution >= 4 is 17.4 Å². The van der Waals surface area contributed by atoms with E-state index >= 15 is 0 Å². The topological polar surface area (TPSA) is 40.3 Å². The minimum absolute atomic E-state index is 0.197. The van der Waals surface area contributed by atoms with E-state index in [4.69, 9.17) is 10.1 Å². The molecule has 4 nitrogen and oxygen atoms in total. The van der Waals surface area contributed by atoms with E-state index in [1.165, 1.54) is 24.3 Å². The van der Waals surface area contributed by atoms with Gasteiger partial charge in [-0.25, -0.2) is 15.0 Å². The predicted molar refractivity (Wildman–Crippen MR) is 73.1 cm³/mol. The van der Waals surface area contributed by atoms with Gasteiger partial charge >= 0.3 is 0 Å². The lowest BCUT2D eigenvalue weighted by atomic mass is 9.70. The van der Waals surface area contributed by atoms with Gasteiger partial charge in [-0.2, -0.15) is 5.10 Å². The maximum atomic E-state index is 4.88. The first-order valence-corrected chi connectivity index (χ1v) is 7.04. The van der Waals surface area contributed by atoms with Crippen molar-refractivity contribution in [3.8, 4) is 0 Å². The fourth-order valence-corrected chi connectivity index (χ4v) is 4.15. The molecular formula is C14H20N4. The normalized spacial score (nSPS) is 39.8. The Morgan fingerprint density at radius 2 is 2.11 bits per heavy atom. The Bertz CT molecular complexity index is 514. The fourth-order valence-electron chi connectivity index (χ4n) is 4.15. The number of guanidine groups is 1. The van der Waals surface area contributed by atoms with Crippen molar-refractivity contribution in [2.24, 2.45) is 31.8 Å². The van der Waals surface area contributed by atoms with Crippen LogP contribution in [0.5, 0.6) is 0 Å². The number of hydrazone groups is 1. The minimum Gasteiger partial charge on any atom is -0.250 e. The van der Waals surface area contributed by atoms with Gasteiger partial charge in [0.05, 0.1) is 11.4 Å². The van der Waals surface area contributed by atoms with Gasteiger partial charge in [0, 0.05) is 24.4 Å². The molecule has 0 unspecified atom stereocenters. The number of rotatable bonds is 0. The molecule has 2 saturated carbocycles. The third kappa shape index (κ3) is 1.01. The van der Waals surface area contributed by atoms with Crippen LogP contribution >= 0.6 is 0 Å². The maximum absolute atomic E-state index is 4.88. The van der Waals surface area contributed by atoms with Gasteiger partial charge in [-0.3, -0.25) is 0 Å². The highest BCUT2D eigenvalue weighted by Crippen LogP contribution is 2.63. The molecule has 18 heavy (non-hydrogen) atoms. The van der Waals surface area contributed by atoms with Crippen molar-refractivity contribution in [3.05, 3.63) is 0 Å². The zero-order valence-electron chi connectivity index (χ0n) is 11.4. The molecule has 2 atom stereocenters. The molecular weight excluding hydrogens is 224 g/mol. The summed E-state index contributed by atoms with van der Waals surface area (Å²) in [6, 6.07) is 0. The lowest BCUT2D eigenvalue weighted by Crippen LogP contribution is -2.42. The van der Waals surface area contributed by atoms with E-state index in [-0.39, 0.29) is 5.41 Å². The number of nitrogens with zero attached hydrogens (tertiary/aromatic N) is 4. The Morgan fingerprint density at radius 3 is 2.94 bits per heavy atom. The van der Waals surface area contributed by atoms with Crippen LogP contribution in [0.2, 0.25) is 0 Å². The molecule has 4 aliphatic rings. The van der Waals surface area contributed by atoms with Crippen LogP contribution in [0.3, 0.4) is 0 Å². The quantitative estimate of drug-likeness (QED) is 0.644. The van der Waals surface area contributed by atoms with Crippen LogP contribution in [0.15, 0.2) is 15.1 Å². The van der Waals surface area contributed by atoms with E-state index in [1.54, 1.807) is 0 Å². The summed E-state index contributed by atoms with van der Waals surface area (Å²) in [5.74, 6) is 1.44. The van der Waals surface area contributed by atoms with Crippen molar-refractivity contribution in [3.63, 3.8) is 0 Å². The molecule has 0 saturated heterocycles. The van der Waals surface area contributed by atoms with Crippen molar-refractivity contribution in [2.75, 3.05) is 13.1 Å². The van der Waals surface area contributed by atoms with Gasteiger partial charge in [0.1, 0.15) is 0 Å². The molecule has 0 aromatic heterocycles. The predicted octanol–water partition coefficient (Wildman–Crippen LogP) is 2.31. The zero-order valence-corrected chi connectivity index (χ0v) is 11.4. The van der Waals surface area contributed by atoms with Crippen molar-refractivity contribution < 1.29 is 0 Å². The molecule has 0 amide bonds. The Labute approximate surface area is 108 Å². The van der Waals surface area contributed by atoms with Gasteiger partial charge in [0.15, 0.2) is 0 Å². The molecule has 2 aliphatic heterocycles. The first kappa shape index (κ1) is 10.7. The second-order valence-corrected chi connectivity index (χ2v) is 6.75. The van der Waals surface area contributed by atoms with Crippen molar-refractivity contribution in [1.82, 2.24) is 5.01 Å². The van der Waals surface area contributed by atoms with Gasteiger partial charge in [0.2, 0.25) is 5.96 Å². The SMILES string of the molecule is CC1(C)[C@@H]2CC[C@@]1(C)C1=NC3=NCCCN3N=C12. The average molecular weight is 244 g/mol. The van der Waals surface area contributed by atoms with Crippen molar-refractivity contribution in [1.29, 1.82) is 0 Å². The first-order valence-electron chi connectivity index (χ1n) is 7.04. The van der Waals surface area contributed by atoms with E-state index in [0.29, 0.717) is 11.3 Å². The Hall–Kier alpha value is -1.19. The highest BCUT2D eigenvalue weighted by molar-refractivity contribution is 6.50. The van der Waals surface area contributed by atoms with E-state index in [1.807, 2.05) is 5.01 Å².